The van der Waals surface area contributed by atoms with Gasteiger partial charge in [-0.3, -0.25) is 0 Å². The lowest BCUT2D eigenvalue weighted by molar-refractivity contribution is 0.0520. The van der Waals surface area contributed by atoms with Crippen LogP contribution in [-0.2, 0) is 0 Å². The molecule has 4 atom stereocenters. The van der Waals surface area contributed by atoms with Gasteiger partial charge in [0.1, 0.15) is 0 Å². The van der Waals surface area contributed by atoms with E-state index in [0.717, 1.165) is 34.7 Å². The fourth-order valence-corrected chi connectivity index (χ4v) is 8.46. The van der Waals surface area contributed by atoms with Crippen molar-refractivity contribution in [3.63, 3.8) is 0 Å². The molecular weight excluding hydrogens is 518 g/mol. The van der Waals surface area contributed by atoms with Gasteiger partial charge >= 0.3 is 0 Å². The van der Waals surface area contributed by atoms with Crippen molar-refractivity contribution in [2.45, 2.75) is 64.2 Å². The van der Waals surface area contributed by atoms with Gasteiger partial charge in [0.15, 0.2) is 0 Å². The van der Waals surface area contributed by atoms with E-state index in [1.165, 1.54) is 37.7 Å². The van der Waals surface area contributed by atoms with Gasteiger partial charge < -0.3 is 5.73 Å². The Morgan fingerprint density at radius 3 is 1.09 bits per heavy atom. The molecular formula is C42H45N. The standard InChI is InChI=1S/C14H11N.C14H24.C14H10/c15-14-7-3-6-12-8-10-4-1-2-5-11(10)9-13(12)14;2*1-2-6-12-10-14-8-4-3-7-13(14)9-11(12)5-1/h1-9H,15H2;11-14H,1-10H2;1-10H. The largest absolute Gasteiger partial charge is 0.398 e. The van der Waals surface area contributed by atoms with Crippen molar-refractivity contribution in [1.29, 1.82) is 0 Å². The third kappa shape index (κ3) is 6.28. The number of hydrogen-bond donors (Lipinski definition) is 1. The highest BCUT2D eigenvalue weighted by atomic mass is 14.5. The molecule has 0 radical (unpaired) electrons. The molecule has 0 amide bonds. The molecule has 3 saturated carbocycles. The summed E-state index contributed by atoms with van der Waals surface area (Å²) < 4.78 is 0. The summed E-state index contributed by atoms with van der Waals surface area (Å²) in [6, 6.07) is 40.1. The molecule has 1 nitrogen and oxygen atoms in total. The van der Waals surface area contributed by atoms with E-state index in [9.17, 15) is 0 Å². The second-order valence-electron chi connectivity index (χ2n) is 13.4. The minimum absolute atomic E-state index is 0.846. The first-order chi connectivity index (χ1) is 21.2. The summed E-state index contributed by atoms with van der Waals surface area (Å²) in [7, 11) is 0. The van der Waals surface area contributed by atoms with E-state index in [2.05, 4.69) is 97.1 Å². The van der Waals surface area contributed by atoms with Crippen molar-refractivity contribution in [3.05, 3.63) is 115 Å². The molecule has 0 heterocycles. The normalized spacial score (nSPS) is 23.0. The van der Waals surface area contributed by atoms with Gasteiger partial charge in [-0.2, -0.15) is 0 Å². The first-order valence-corrected chi connectivity index (χ1v) is 16.8. The molecule has 3 aliphatic rings. The van der Waals surface area contributed by atoms with Crippen LogP contribution >= 0.6 is 0 Å². The number of nitrogen functional groups attached to an aromatic ring is 1. The smallest absolute Gasteiger partial charge is 0.0393 e. The van der Waals surface area contributed by atoms with E-state index in [1.54, 1.807) is 64.2 Å². The van der Waals surface area contributed by atoms with E-state index in [4.69, 9.17) is 5.73 Å². The van der Waals surface area contributed by atoms with E-state index < -0.39 is 0 Å². The molecule has 6 aromatic rings. The van der Waals surface area contributed by atoms with Crippen LogP contribution in [0.4, 0.5) is 5.69 Å². The lowest BCUT2D eigenvalue weighted by atomic mass is 9.60. The van der Waals surface area contributed by atoms with E-state index in [1.807, 2.05) is 18.2 Å². The van der Waals surface area contributed by atoms with Crippen LogP contribution in [0.1, 0.15) is 64.2 Å². The first kappa shape index (κ1) is 28.0. The van der Waals surface area contributed by atoms with Crippen molar-refractivity contribution in [1.82, 2.24) is 0 Å². The summed E-state index contributed by atoms with van der Waals surface area (Å²) in [5.41, 5.74) is 6.79. The topological polar surface area (TPSA) is 26.0 Å². The zero-order chi connectivity index (χ0) is 29.0. The molecule has 3 aliphatic carbocycles. The number of nitrogens with two attached hydrogens (primary N) is 1. The predicted octanol–water partition coefficient (Wildman–Crippen LogP) is 12.0. The van der Waals surface area contributed by atoms with Gasteiger partial charge in [-0.25, -0.2) is 0 Å². The molecule has 0 aromatic heterocycles. The Labute approximate surface area is 257 Å². The van der Waals surface area contributed by atoms with Crippen LogP contribution in [0, 0.1) is 23.7 Å². The van der Waals surface area contributed by atoms with Crippen LogP contribution < -0.4 is 5.73 Å². The zero-order valence-electron chi connectivity index (χ0n) is 25.4. The Balaban J connectivity index is 0.000000105. The van der Waals surface area contributed by atoms with Crippen molar-refractivity contribution in [2.24, 2.45) is 23.7 Å². The summed E-state index contributed by atoms with van der Waals surface area (Å²) in [6.45, 7) is 0. The molecule has 0 saturated heterocycles. The lowest BCUT2D eigenvalue weighted by Crippen LogP contribution is -2.35. The van der Waals surface area contributed by atoms with Crippen molar-refractivity contribution in [3.8, 4) is 0 Å². The van der Waals surface area contributed by atoms with E-state index >= 15 is 0 Å². The van der Waals surface area contributed by atoms with Crippen molar-refractivity contribution in [2.75, 3.05) is 5.73 Å². The van der Waals surface area contributed by atoms with Gasteiger partial charge in [-0.15, -0.1) is 0 Å². The SMILES string of the molecule is C1CCC2CC3CCCCC3CC2C1.Nc1cccc2cc3ccccc3cc12.c1ccc2cc3ccccc3cc2c1. The minimum atomic E-state index is 0.846. The van der Waals surface area contributed by atoms with Crippen LogP contribution in [0.25, 0.3) is 43.1 Å². The third-order valence-electron chi connectivity index (χ3n) is 10.7. The van der Waals surface area contributed by atoms with Crippen LogP contribution in [0.2, 0.25) is 0 Å². The Morgan fingerprint density at radius 1 is 0.372 bits per heavy atom. The Kier molecular flexibility index (Phi) is 8.32. The Bertz CT molecular complexity index is 1690. The van der Waals surface area contributed by atoms with Gasteiger partial charge in [0.05, 0.1) is 0 Å². The molecule has 2 N–H and O–H groups in total. The maximum atomic E-state index is 5.95. The zero-order valence-corrected chi connectivity index (χ0v) is 25.4. The highest BCUT2D eigenvalue weighted by Crippen LogP contribution is 2.49. The van der Waals surface area contributed by atoms with Crippen LogP contribution in [0.15, 0.2) is 115 Å². The summed E-state index contributed by atoms with van der Waals surface area (Å²) in [6.07, 6.45) is 15.7. The average molecular weight is 564 g/mol. The average Bonchev–Trinajstić information content (AvgIpc) is 3.06. The molecule has 43 heavy (non-hydrogen) atoms. The van der Waals surface area contributed by atoms with E-state index in [0.29, 0.717) is 0 Å². The predicted molar refractivity (Wildman–Crippen MR) is 187 cm³/mol. The number of hydrogen-bond acceptors (Lipinski definition) is 1. The molecule has 0 spiro atoms. The van der Waals surface area contributed by atoms with Gasteiger partial charge in [0.2, 0.25) is 0 Å². The van der Waals surface area contributed by atoms with Crippen molar-refractivity contribution < 1.29 is 0 Å². The maximum Gasteiger partial charge on any atom is 0.0393 e. The monoisotopic (exact) mass is 563 g/mol. The fourth-order valence-electron chi connectivity index (χ4n) is 8.46. The van der Waals surface area contributed by atoms with Gasteiger partial charge in [0, 0.05) is 11.1 Å². The molecule has 218 valence electrons. The third-order valence-corrected chi connectivity index (χ3v) is 10.7. The second-order valence-corrected chi connectivity index (χ2v) is 13.4. The lowest BCUT2D eigenvalue weighted by Gasteiger charge is -2.46. The second kappa shape index (κ2) is 12.8. The maximum absolute atomic E-state index is 5.95. The first-order valence-electron chi connectivity index (χ1n) is 16.8. The van der Waals surface area contributed by atoms with Crippen molar-refractivity contribution >= 4 is 48.8 Å². The quantitative estimate of drug-likeness (QED) is 0.144. The summed E-state index contributed by atoms with van der Waals surface area (Å²) in [5, 5.41) is 10.1. The number of rotatable bonds is 0. The molecule has 0 bridgehead atoms. The molecule has 4 unspecified atom stereocenters. The van der Waals surface area contributed by atoms with Crippen LogP contribution in [-0.4, -0.2) is 0 Å². The highest BCUT2D eigenvalue weighted by Gasteiger charge is 2.38. The highest BCUT2D eigenvalue weighted by molar-refractivity contribution is 6.03. The minimum Gasteiger partial charge on any atom is -0.398 e. The molecule has 3 fully saturated rings. The Hall–Kier alpha value is -3.84. The Morgan fingerprint density at radius 2 is 0.698 bits per heavy atom. The van der Waals surface area contributed by atoms with Crippen LogP contribution in [0.3, 0.4) is 0 Å². The molecule has 0 aliphatic heterocycles. The molecule has 9 rings (SSSR count). The molecule has 1 heteroatoms. The number of fused-ring (bicyclic) bond motifs is 6. The molecule has 6 aromatic carbocycles. The van der Waals surface area contributed by atoms with Gasteiger partial charge in [-0.05, 0) is 105 Å². The number of benzene rings is 6. The van der Waals surface area contributed by atoms with Gasteiger partial charge in [0.25, 0.3) is 0 Å². The number of anilines is 1. The van der Waals surface area contributed by atoms with Crippen LogP contribution in [0.5, 0.6) is 0 Å². The van der Waals surface area contributed by atoms with E-state index in [-0.39, 0.29) is 0 Å². The fraction of sp³-hybridized carbons (Fsp3) is 0.333. The van der Waals surface area contributed by atoms with Gasteiger partial charge in [-0.1, -0.05) is 136 Å². The summed E-state index contributed by atoms with van der Waals surface area (Å²) >= 11 is 0. The summed E-state index contributed by atoms with van der Waals surface area (Å²) in [5.74, 6) is 4.62. The summed E-state index contributed by atoms with van der Waals surface area (Å²) in [4.78, 5) is 0.